The molecule has 122 valence electrons. The Balaban J connectivity index is 1.62. The molecule has 0 saturated carbocycles. The number of hydrogen-bond donors (Lipinski definition) is 3. The van der Waals surface area contributed by atoms with Crippen molar-refractivity contribution in [2.75, 3.05) is 11.9 Å². The van der Waals surface area contributed by atoms with Crippen LogP contribution in [0.15, 0.2) is 60.7 Å². The molecule has 0 radical (unpaired) electrons. The number of carbonyl (C=O) groups is 1. The molecule has 5 heteroatoms. The van der Waals surface area contributed by atoms with Gasteiger partial charge in [-0.3, -0.25) is 0 Å². The summed E-state index contributed by atoms with van der Waals surface area (Å²) in [6, 6.07) is 16.4. The number of fused-ring (bicyclic) bond motifs is 1. The first-order valence-electron chi connectivity index (χ1n) is 7.63. The fraction of sp³-hybridized carbons (Fsp3) is 0.105. The minimum absolute atomic E-state index is 0.169. The minimum Gasteiger partial charge on any atom is -0.507 e. The highest BCUT2D eigenvalue weighted by Crippen LogP contribution is 2.29. The van der Waals surface area contributed by atoms with Crippen LogP contribution in [0.2, 0.25) is 0 Å². The predicted octanol–water partition coefficient (Wildman–Crippen LogP) is 4.05. The highest BCUT2D eigenvalue weighted by Gasteiger charge is 2.07. The van der Waals surface area contributed by atoms with Gasteiger partial charge in [-0.1, -0.05) is 36.4 Å². The molecule has 3 aromatic rings. The average molecular weight is 324 g/mol. The number of phenolic OH excluding ortho intramolecular Hbond substituents is 1. The van der Waals surface area contributed by atoms with Gasteiger partial charge in [0, 0.05) is 17.3 Å². The quantitative estimate of drug-likeness (QED) is 0.678. The second-order valence-corrected chi connectivity index (χ2v) is 5.44. The number of rotatable bonds is 4. The summed E-state index contributed by atoms with van der Waals surface area (Å²) in [6.07, 6.45) is 0.543. The first-order chi connectivity index (χ1) is 11.6. The van der Waals surface area contributed by atoms with Crippen LogP contribution in [-0.2, 0) is 6.42 Å². The zero-order valence-electron chi connectivity index (χ0n) is 12.9. The molecule has 0 bridgehead atoms. The number of halogens is 1. The van der Waals surface area contributed by atoms with Crippen molar-refractivity contribution in [1.29, 1.82) is 0 Å². The normalized spacial score (nSPS) is 10.5. The molecule has 4 nitrogen and oxygen atoms in total. The highest BCUT2D eigenvalue weighted by atomic mass is 19.1. The van der Waals surface area contributed by atoms with Crippen LogP contribution in [-0.4, -0.2) is 17.7 Å². The molecule has 0 unspecified atom stereocenters. The largest absolute Gasteiger partial charge is 0.507 e. The van der Waals surface area contributed by atoms with Crippen molar-refractivity contribution in [3.63, 3.8) is 0 Å². The van der Waals surface area contributed by atoms with E-state index in [9.17, 15) is 14.3 Å². The van der Waals surface area contributed by atoms with E-state index in [0.717, 1.165) is 10.9 Å². The summed E-state index contributed by atoms with van der Waals surface area (Å²) < 4.78 is 13.1. The van der Waals surface area contributed by atoms with E-state index in [0.29, 0.717) is 24.0 Å². The van der Waals surface area contributed by atoms with Gasteiger partial charge in [0.15, 0.2) is 0 Å². The summed E-state index contributed by atoms with van der Waals surface area (Å²) >= 11 is 0. The van der Waals surface area contributed by atoms with Crippen LogP contribution in [0, 0.1) is 5.82 Å². The lowest BCUT2D eigenvalue weighted by Crippen LogP contribution is -2.30. The van der Waals surface area contributed by atoms with Crippen LogP contribution >= 0.6 is 0 Å². The fourth-order valence-electron chi connectivity index (χ4n) is 2.58. The van der Waals surface area contributed by atoms with Crippen LogP contribution in [0.25, 0.3) is 10.8 Å². The van der Waals surface area contributed by atoms with Crippen molar-refractivity contribution in [2.24, 2.45) is 0 Å². The Hall–Kier alpha value is -3.08. The molecule has 24 heavy (non-hydrogen) atoms. The Morgan fingerprint density at radius 1 is 1.00 bits per heavy atom. The Morgan fingerprint density at radius 2 is 1.75 bits per heavy atom. The fourth-order valence-corrected chi connectivity index (χ4v) is 2.58. The van der Waals surface area contributed by atoms with Gasteiger partial charge in [-0.25, -0.2) is 9.18 Å². The van der Waals surface area contributed by atoms with Gasteiger partial charge in [0.1, 0.15) is 11.6 Å². The lowest BCUT2D eigenvalue weighted by Gasteiger charge is -2.11. The van der Waals surface area contributed by atoms with E-state index in [-0.39, 0.29) is 17.6 Å². The summed E-state index contributed by atoms with van der Waals surface area (Å²) in [5.41, 5.74) is 1.44. The van der Waals surface area contributed by atoms with Gasteiger partial charge in [0.25, 0.3) is 0 Å². The third-order valence-corrected chi connectivity index (χ3v) is 3.74. The molecule has 3 rings (SSSR count). The molecule has 0 spiro atoms. The summed E-state index contributed by atoms with van der Waals surface area (Å²) in [4.78, 5) is 12.0. The maximum absolute atomic E-state index is 13.1. The average Bonchev–Trinajstić information content (AvgIpc) is 2.56. The monoisotopic (exact) mass is 324 g/mol. The lowest BCUT2D eigenvalue weighted by atomic mass is 10.1. The van der Waals surface area contributed by atoms with E-state index >= 15 is 0 Å². The highest BCUT2D eigenvalue weighted by molar-refractivity contribution is 6.03. The number of hydrogen-bond acceptors (Lipinski definition) is 2. The lowest BCUT2D eigenvalue weighted by molar-refractivity contribution is 0.252. The van der Waals surface area contributed by atoms with Gasteiger partial charge in [0.2, 0.25) is 0 Å². The number of anilines is 1. The van der Waals surface area contributed by atoms with E-state index in [2.05, 4.69) is 10.6 Å². The van der Waals surface area contributed by atoms with Gasteiger partial charge in [0.05, 0.1) is 5.69 Å². The molecule has 0 aliphatic rings. The molecule has 0 fully saturated rings. The predicted molar refractivity (Wildman–Crippen MR) is 92.7 cm³/mol. The molecule has 0 aromatic heterocycles. The number of carbonyl (C=O) groups excluding carboxylic acids is 1. The van der Waals surface area contributed by atoms with Crippen LogP contribution < -0.4 is 10.6 Å². The Labute approximate surface area is 138 Å². The molecule has 2 amide bonds. The zero-order valence-corrected chi connectivity index (χ0v) is 12.9. The number of aromatic hydroxyl groups is 1. The summed E-state index contributed by atoms with van der Waals surface area (Å²) in [5.74, 6) is -0.116. The van der Waals surface area contributed by atoms with Crippen molar-refractivity contribution < 1.29 is 14.3 Å². The zero-order chi connectivity index (χ0) is 16.9. The van der Waals surface area contributed by atoms with Gasteiger partial charge in [-0.15, -0.1) is 0 Å². The third kappa shape index (κ3) is 3.63. The third-order valence-electron chi connectivity index (χ3n) is 3.74. The minimum atomic E-state index is -0.345. The smallest absolute Gasteiger partial charge is 0.319 e. The Bertz CT molecular complexity index is 880. The second kappa shape index (κ2) is 7.00. The number of urea groups is 1. The summed E-state index contributed by atoms with van der Waals surface area (Å²) in [6.45, 7) is 0.394. The van der Waals surface area contributed by atoms with Crippen molar-refractivity contribution in [3.05, 3.63) is 72.0 Å². The molecular weight excluding hydrogens is 307 g/mol. The van der Waals surface area contributed by atoms with Gasteiger partial charge < -0.3 is 15.7 Å². The van der Waals surface area contributed by atoms with Crippen LogP contribution in [0.5, 0.6) is 5.75 Å². The molecule has 0 aliphatic carbocycles. The molecular formula is C19H17FN2O2. The van der Waals surface area contributed by atoms with Crippen molar-refractivity contribution in [2.45, 2.75) is 6.42 Å². The molecule has 0 atom stereocenters. The van der Waals surface area contributed by atoms with Gasteiger partial charge in [-0.2, -0.15) is 0 Å². The first-order valence-corrected chi connectivity index (χ1v) is 7.63. The van der Waals surface area contributed by atoms with Crippen molar-refractivity contribution >= 4 is 22.5 Å². The van der Waals surface area contributed by atoms with Crippen molar-refractivity contribution in [1.82, 2.24) is 5.32 Å². The Kier molecular flexibility index (Phi) is 4.61. The van der Waals surface area contributed by atoms with Crippen molar-refractivity contribution in [3.8, 4) is 5.75 Å². The van der Waals surface area contributed by atoms with Crippen LogP contribution in [0.3, 0.4) is 0 Å². The van der Waals surface area contributed by atoms with Crippen LogP contribution in [0.4, 0.5) is 14.9 Å². The second-order valence-electron chi connectivity index (χ2n) is 5.44. The Morgan fingerprint density at radius 3 is 2.58 bits per heavy atom. The number of phenols is 1. The topological polar surface area (TPSA) is 61.4 Å². The summed E-state index contributed by atoms with van der Waals surface area (Å²) in [7, 11) is 0. The number of amides is 2. The van der Waals surface area contributed by atoms with E-state index in [1.165, 1.54) is 12.1 Å². The molecule has 0 heterocycles. The van der Waals surface area contributed by atoms with Crippen LogP contribution in [0.1, 0.15) is 5.56 Å². The number of benzene rings is 3. The first kappa shape index (κ1) is 15.8. The van der Waals surface area contributed by atoms with E-state index in [1.54, 1.807) is 36.4 Å². The maximum Gasteiger partial charge on any atom is 0.319 e. The molecule has 3 aromatic carbocycles. The van der Waals surface area contributed by atoms with E-state index < -0.39 is 0 Å². The molecule has 0 saturated heterocycles. The maximum atomic E-state index is 13.1. The SMILES string of the molecule is O=C(NCCc1cccc(F)c1)Nc1cccc2c(O)cccc12. The molecule has 0 aliphatic heterocycles. The van der Waals surface area contributed by atoms with Gasteiger partial charge in [-0.05, 0) is 36.2 Å². The number of nitrogens with one attached hydrogen (secondary N) is 2. The van der Waals surface area contributed by atoms with E-state index in [4.69, 9.17) is 0 Å². The molecule has 3 N–H and O–H groups in total. The van der Waals surface area contributed by atoms with E-state index in [1.807, 2.05) is 12.1 Å². The standard InChI is InChI=1S/C19H17FN2O2/c20-14-5-1-4-13(12-14)10-11-21-19(24)22-17-8-2-7-16-15(17)6-3-9-18(16)23/h1-9,12,23H,10-11H2,(H2,21,22,24). The van der Waals surface area contributed by atoms with Gasteiger partial charge >= 0.3 is 6.03 Å². The summed E-state index contributed by atoms with van der Waals surface area (Å²) in [5, 5.41) is 16.8.